The molecule has 0 saturated carbocycles. The number of likely N-dealkylation sites (N-methyl/N-ethyl adjacent to an activating group) is 2. The Morgan fingerprint density at radius 3 is 2.56 bits per heavy atom. The van der Waals surface area contributed by atoms with Gasteiger partial charge in [0, 0.05) is 25.7 Å². The quantitative estimate of drug-likeness (QED) is 0.707. The molecule has 1 unspecified atom stereocenters. The molecular formula is C19H33N3O2S. The van der Waals surface area contributed by atoms with Gasteiger partial charge in [-0.05, 0) is 71.1 Å². The predicted octanol–water partition coefficient (Wildman–Crippen LogP) is 2.34. The summed E-state index contributed by atoms with van der Waals surface area (Å²) in [4.78, 5) is 4.89. The van der Waals surface area contributed by atoms with Gasteiger partial charge >= 0.3 is 0 Å². The minimum Gasteiger partial charge on any atom is -0.308 e. The highest BCUT2D eigenvalue weighted by molar-refractivity contribution is 7.89. The first-order chi connectivity index (χ1) is 11.8. The fraction of sp³-hybridized carbons (Fsp3) is 0.684. The van der Waals surface area contributed by atoms with E-state index in [0.29, 0.717) is 24.0 Å². The minimum absolute atomic E-state index is 0.326. The first-order valence-electron chi connectivity index (χ1n) is 9.22. The summed E-state index contributed by atoms with van der Waals surface area (Å²) in [6, 6.07) is 6.00. The number of hydrogen-bond acceptors (Lipinski definition) is 4. The summed E-state index contributed by atoms with van der Waals surface area (Å²) in [7, 11) is 0.477. The average Bonchev–Trinajstić information content (AvgIpc) is 3.00. The van der Waals surface area contributed by atoms with Crippen molar-refractivity contribution in [3.05, 3.63) is 29.3 Å². The van der Waals surface area contributed by atoms with Crippen molar-refractivity contribution in [1.29, 1.82) is 0 Å². The van der Waals surface area contributed by atoms with E-state index in [-0.39, 0.29) is 0 Å². The normalized spacial score (nSPS) is 19.2. The van der Waals surface area contributed by atoms with Crippen LogP contribution in [0, 0.1) is 13.8 Å². The zero-order valence-corrected chi connectivity index (χ0v) is 17.1. The molecule has 1 saturated heterocycles. The van der Waals surface area contributed by atoms with Gasteiger partial charge in [0.25, 0.3) is 0 Å². The summed E-state index contributed by atoms with van der Waals surface area (Å²) in [5, 5.41) is 0. The summed E-state index contributed by atoms with van der Waals surface area (Å²) in [5.41, 5.74) is 1.80. The van der Waals surface area contributed by atoms with Gasteiger partial charge in [-0.3, -0.25) is 4.90 Å². The highest BCUT2D eigenvalue weighted by atomic mass is 32.2. The lowest BCUT2D eigenvalue weighted by molar-refractivity contribution is 0.220. The van der Waals surface area contributed by atoms with Crippen LogP contribution in [0.2, 0.25) is 0 Å². The van der Waals surface area contributed by atoms with Crippen LogP contribution in [0.1, 0.15) is 30.9 Å². The van der Waals surface area contributed by atoms with Crippen LogP contribution in [-0.2, 0) is 10.0 Å². The Labute approximate surface area is 153 Å². The van der Waals surface area contributed by atoms with Crippen LogP contribution in [0.3, 0.4) is 0 Å². The second-order valence-electron chi connectivity index (χ2n) is 7.36. The summed E-state index contributed by atoms with van der Waals surface area (Å²) < 4.78 is 28.5. The first-order valence-corrected chi connectivity index (χ1v) is 10.7. The van der Waals surface area contributed by atoms with Crippen LogP contribution >= 0.6 is 0 Å². The smallest absolute Gasteiger partial charge is 0.243 e. The molecular weight excluding hydrogens is 334 g/mol. The molecule has 1 atom stereocenters. The maximum atomic E-state index is 13.4. The maximum absolute atomic E-state index is 13.4. The van der Waals surface area contributed by atoms with E-state index in [1.54, 1.807) is 10.4 Å². The molecule has 0 spiro atoms. The van der Waals surface area contributed by atoms with Crippen molar-refractivity contribution in [2.45, 2.75) is 44.6 Å². The monoisotopic (exact) mass is 367 g/mol. The molecule has 0 N–H and O–H groups in total. The van der Waals surface area contributed by atoms with Crippen molar-refractivity contribution in [3.8, 4) is 0 Å². The van der Waals surface area contributed by atoms with Gasteiger partial charge < -0.3 is 4.90 Å². The molecule has 0 amide bonds. The molecule has 5 nitrogen and oxygen atoms in total. The van der Waals surface area contributed by atoms with Gasteiger partial charge in [-0.25, -0.2) is 8.42 Å². The number of sulfonamides is 1. The van der Waals surface area contributed by atoms with E-state index in [1.807, 2.05) is 45.0 Å². The van der Waals surface area contributed by atoms with Crippen LogP contribution in [0.5, 0.6) is 0 Å². The molecule has 0 radical (unpaired) electrons. The number of hydrogen-bond donors (Lipinski definition) is 0. The molecule has 1 fully saturated rings. The van der Waals surface area contributed by atoms with Crippen molar-refractivity contribution in [2.24, 2.45) is 0 Å². The zero-order chi connectivity index (χ0) is 18.6. The highest BCUT2D eigenvalue weighted by Crippen LogP contribution is 2.24. The lowest BCUT2D eigenvalue weighted by Crippen LogP contribution is -2.45. The van der Waals surface area contributed by atoms with Crippen LogP contribution in [0.15, 0.2) is 23.1 Å². The van der Waals surface area contributed by atoms with E-state index >= 15 is 0 Å². The predicted molar refractivity (Wildman–Crippen MR) is 103 cm³/mol. The molecule has 1 aliphatic heterocycles. The lowest BCUT2D eigenvalue weighted by atomic mass is 10.2. The third kappa shape index (κ3) is 5.03. The van der Waals surface area contributed by atoms with Crippen LogP contribution in [-0.4, -0.2) is 75.4 Å². The van der Waals surface area contributed by atoms with E-state index < -0.39 is 10.0 Å². The Hall–Kier alpha value is -0.950. The molecule has 1 heterocycles. The molecule has 142 valence electrons. The van der Waals surface area contributed by atoms with Gasteiger partial charge in [0.15, 0.2) is 0 Å². The van der Waals surface area contributed by atoms with Gasteiger partial charge in [-0.15, -0.1) is 0 Å². The van der Waals surface area contributed by atoms with Crippen molar-refractivity contribution >= 4 is 10.0 Å². The molecule has 1 aliphatic rings. The third-order valence-electron chi connectivity index (χ3n) is 5.08. The van der Waals surface area contributed by atoms with E-state index in [0.717, 1.165) is 43.6 Å². The number of rotatable bonds is 8. The van der Waals surface area contributed by atoms with Gasteiger partial charge in [-0.2, -0.15) is 4.31 Å². The number of nitrogens with zero attached hydrogens (tertiary/aromatic N) is 3. The molecule has 1 aromatic rings. The third-order valence-corrected chi connectivity index (χ3v) is 7.08. The van der Waals surface area contributed by atoms with E-state index in [9.17, 15) is 8.42 Å². The summed E-state index contributed by atoms with van der Waals surface area (Å²) in [6.45, 7) is 9.86. The van der Waals surface area contributed by atoms with E-state index in [2.05, 4.69) is 11.8 Å². The summed E-state index contributed by atoms with van der Waals surface area (Å²) in [5.74, 6) is 0. The summed E-state index contributed by atoms with van der Waals surface area (Å²) in [6.07, 6.45) is 2.23. The maximum Gasteiger partial charge on any atom is 0.243 e. The Morgan fingerprint density at radius 2 is 1.92 bits per heavy atom. The number of benzene rings is 1. The van der Waals surface area contributed by atoms with Crippen molar-refractivity contribution in [1.82, 2.24) is 14.1 Å². The Bertz CT molecular complexity index is 673. The molecule has 25 heavy (non-hydrogen) atoms. The molecule has 6 heteroatoms. The van der Waals surface area contributed by atoms with Gasteiger partial charge in [0.2, 0.25) is 10.0 Å². The number of aryl methyl sites for hydroxylation is 2. The number of likely N-dealkylation sites (tertiary alicyclic amines) is 1. The van der Waals surface area contributed by atoms with Crippen molar-refractivity contribution < 1.29 is 8.42 Å². The van der Waals surface area contributed by atoms with Gasteiger partial charge in [0.1, 0.15) is 0 Å². The second kappa shape index (κ2) is 8.62. The second-order valence-corrected chi connectivity index (χ2v) is 9.27. The fourth-order valence-corrected chi connectivity index (χ4v) is 5.28. The summed E-state index contributed by atoms with van der Waals surface area (Å²) >= 11 is 0. The van der Waals surface area contributed by atoms with Gasteiger partial charge in [0.05, 0.1) is 4.90 Å². The topological polar surface area (TPSA) is 43.9 Å². The van der Waals surface area contributed by atoms with Gasteiger partial charge in [-0.1, -0.05) is 19.1 Å². The molecule has 1 aromatic carbocycles. The van der Waals surface area contributed by atoms with Crippen molar-refractivity contribution in [3.63, 3.8) is 0 Å². The highest BCUT2D eigenvalue weighted by Gasteiger charge is 2.32. The van der Waals surface area contributed by atoms with E-state index in [1.165, 1.54) is 0 Å². The largest absolute Gasteiger partial charge is 0.308 e. The molecule has 0 bridgehead atoms. The first kappa shape index (κ1) is 20.4. The lowest BCUT2D eigenvalue weighted by Gasteiger charge is -2.31. The Morgan fingerprint density at radius 1 is 1.20 bits per heavy atom. The fourth-order valence-electron chi connectivity index (χ4n) is 3.50. The SMILES string of the molecule is CCN1CCCC1CN(CCN(C)C)S(=O)(=O)c1cc(C)ccc1C. The van der Waals surface area contributed by atoms with Crippen LogP contribution in [0.4, 0.5) is 0 Å². The van der Waals surface area contributed by atoms with Crippen LogP contribution < -0.4 is 0 Å². The zero-order valence-electron chi connectivity index (χ0n) is 16.3. The molecule has 0 aromatic heterocycles. The minimum atomic E-state index is -3.49. The van der Waals surface area contributed by atoms with E-state index in [4.69, 9.17) is 0 Å². The molecule has 2 rings (SSSR count). The van der Waals surface area contributed by atoms with Crippen LogP contribution in [0.25, 0.3) is 0 Å². The van der Waals surface area contributed by atoms with Crippen molar-refractivity contribution in [2.75, 3.05) is 46.8 Å². The standard InChI is InChI=1S/C19H33N3O2S/c1-6-21-11-7-8-18(21)15-22(13-12-20(4)5)25(23,24)19-14-16(2)9-10-17(19)3/h9-10,14,18H,6-8,11-13,15H2,1-5H3. The Kier molecular flexibility index (Phi) is 7.02. The molecule has 0 aliphatic carbocycles. The Balaban J connectivity index is 2.31. The average molecular weight is 368 g/mol.